The number of rotatable bonds is 4. The summed E-state index contributed by atoms with van der Waals surface area (Å²) in [6.07, 6.45) is 4.97. The summed E-state index contributed by atoms with van der Waals surface area (Å²) in [5, 5.41) is 24.7. The lowest BCUT2D eigenvalue weighted by Gasteiger charge is -2.03. The third-order valence-corrected chi connectivity index (χ3v) is 2.15. The van der Waals surface area contributed by atoms with Gasteiger partial charge in [0.2, 0.25) is 0 Å². The van der Waals surface area contributed by atoms with Crippen LogP contribution >= 0.6 is 0 Å². The first kappa shape index (κ1) is 11.1. The predicted octanol–water partition coefficient (Wildman–Crippen LogP) is 0.886. The average molecular weight is 229 g/mol. The van der Waals surface area contributed by atoms with Gasteiger partial charge in [0.1, 0.15) is 11.9 Å². The van der Waals surface area contributed by atoms with Gasteiger partial charge in [0.25, 0.3) is 0 Å². The Bertz CT molecular complexity index is 543. The summed E-state index contributed by atoms with van der Waals surface area (Å²) in [4.78, 5) is 4.08. The van der Waals surface area contributed by atoms with Crippen molar-refractivity contribution < 1.29 is 5.11 Å². The molecule has 0 aliphatic rings. The first-order valence-electron chi connectivity index (χ1n) is 5.09. The number of pyridine rings is 1. The highest BCUT2D eigenvalue weighted by Gasteiger charge is 2.04. The highest BCUT2D eigenvalue weighted by Crippen LogP contribution is 2.16. The summed E-state index contributed by atoms with van der Waals surface area (Å²) in [5.74, 6) is 0.499. The smallest absolute Gasteiger partial charge is 0.148 e. The van der Waals surface area contributed by atoms with Crippen LogP contribution in [-0.2, 0) is 6.54 Å². The maximum atomic E-state index is 8.90. The van der Waals surface area contributed by atoms with E-state index in [0.29, 0.717) is 17.9 Å². The molecule has 0 unspecified atom stereocenters. The fourth-order valence-corrected chi connectivity index (χ4v) is 1.38. The summed E-state index contributed by atoms with van der Waals surface area (Å²) in [6, 6.07) is 5.45. The van der Waals surface area contributed by atoms with Crippen molar-refractivity contribution in [2.45, 2.75) is 6.54 Å². The second-order valence-electron chi connectivity index (χ2n) is 3.35. The van der Waals surface area contributed by atoms with Gasteiger partial charge in [0, 0.05) is 12.4 Å². The fraction of sp³-hybridized carbons (Fsp3) is 0.182. The first-order chi connectivity index (χ1) is 8.33. The van der Waals surface area contributed by atoms with Crippen LogP contribution in [0, 0.1) is 11.3 Å². The van der Waals surface area contributed by atoms with Gasteiger partial charge in [0.15, 0.2) is 0 Å². The first-order valence-corrected chi connectivity index (χ1v) is 5.09. The molecule has 0 fully saturated rings. The number of aliphatic hydroxyl groups is 1. The molecule has 0 atom stereocenters. The van der Waals surface area contributed by atoms with Crippen molar-refractivity contribution in [3.05, 3.63) is 36.3 Å². The Morgan fingerprint density at radius 2 is 2.41 bits per heavy atom. The van der Waals surface area contributed by atoms with E-state index >= 15 is 0 Å². The summed E-state index contributed by atoms with van der Waals surface area (Å²) < 4.78 is 1.61. The lowest BCUT2D eigenvalue weighted by atomic mass is 10.3. The van der Waals surface area contributed by atoms with Gasteiger partial charge in [-0.05, 0) is 12.1 Å². The van der Waals surface area contributed by atoms with E-state index in [9.17, 15) is 0 Å². The zero-order chi connectivity index (χ0) is 12.1. The van der Waals surface area contributed by atoms with E-state index in [1.165, 1.54) is 0 Å². The van der Waals surface area contributed by atoms with Crippen molar-refractivity contribution in [2.75, 3.05) is 11.9 Å². The van der Waals surface area contributed by atoms with Crippen molar-refractivity contribution in [3.63, 3.8) is 0 Å². The van der Waals surface area contributed by atoms with Crippen LogP contribution in [0.15, 0.2) is 30.7 Å². The number of hydrogen-bond donors (Lipinski definition) is 2. The maximum absolute atomic E-state index is 8.90. The van der Waals surface area contributed by atoms with E-state index in [1.807, 2.05) is 0 Å². The van der Waals surface area contributed by atoms with Gasteiger partial charge in [0.05, 0.1) is 30.6 Å². The molecule has 6 heteroatoms. The van der Waals surface area contributed by atoms with Crippen molar-refractivity contribution in [1.29, 1.82) is 5.26 Å². The van der Waals surface area contributed by atoms with Gasteiger partial charge in [-0.1, -0.05) is 0 Å². The van der Waals surface area contributed by atoms with Crippen LogP contribution in [0.2, 0.25) is 0 Å². The summed E-state index contributed by atoms with van der Waals surface area (Å²) >= 11 is 0. The lowest BCUT2D eigenvalue weighted by molar-refractivity contribution is 0.269. The minimum atomic E-state index is 0.0359. The molecule has 0 bridgehead atoms. The van der Waals surface area contributed by atoms with E-state index in [1.54, 1.807) is 35.4 Å². The highest BCUT2D eigenvalue weighted by atomic mass is 16.3. The van der Waals surface area contributed by atoms with Crippen molar-refractivity contribution in [2.24, 2.45) is 0 Å². The van der Waals surface area contributed by atoms with Crippen LogP contribution in [0.3, 0.4) is 0 Å². The van der Waals surface area contributed by atoms with E-state index < -0.39 is 0 Å². The standard InChI is InChI=1S/C11H11N5O/c12-6-9-2-1-3-13-11(9)15-10-7-14-16(8-10)4-5-17/h1-3,7-8,17H,4-5H2,(H,13,15). The van der Waals surface area contributed by atoms with Gasteiger partial charge in [-0.2, -0.15) is 10.4 Å². The van der Waals surface area contributed by atoms with E-state index in [-0.39, 0.29) is 6.61 Å². The van der Waals surface area contributed by atoms with Crippen LogP contribution in [0.4, 0.5) is 11.5 Å². The normalized spacial score (nSPS) is 9.88. The van der Waals surface area contributed by atoms with E-state index in [4.69, 9.17) is 10.4 Å². The maximum Gasteiger partial charge on any atom is 0.148 e. The average Bonchev–Trinajstić information content (AvgIpc) is 2.78. The molecule has 2 aromatic rings. The molecule has 2 rings (SSSR count). The minimum Gasteiger partial charge on any atom is -0.394 e. The Kier molecular flexibility index (Phi) is 3.33. The molecule has 0 aromatic carbocycles. The van der Waals surface area contributed by atoms with Crippen LogP contribution < -0.4 is 5.32 Å². The van der Waals surface area contributed by atoms with Crippen molar-refractivity contribution in [1.82, 2.24) is 14.8 Å². The molecule has 0 spiro atoms. The Morgan fingerprint density at radius 1 is 1.53 bits per heavy atom. The molecule has 0 aliphatic carbocycles. The number of anilines is 2. The topological polar surface area (TPSA) is 86.8 Å². The number of nitrogens with zero attached hydrogens (tertiary/aromatic N) is 4. The number of nitriles is 1. The Morgan fingerprint density at radius 3 is 3.18 bits per heavy atom. The fourth-order valence-electron chi connectivity index (χ4n) is 1.38. The molecule has 86 valence electrons. The Balaban J connectivity index is 2.17. The van der Waals surface area contributed by atoms with Crippen LogP contribution in [0.5, 0.6) is 0 Å². The quantitative estimate of drug-likeness (QED) is 0.812. The zero-order valence-electron chi connectivity index (χ0n) is 9.04. The predicted molar refractivity (Wildman–Crippen MR) is 61.5 cm³/mol. The number of hydrogen-bond acceptors (Lipinski definition) is 5. The molecule has 0 aliphatic heterocycles. The Labute approximate surface area is 98.1 Å². The number of aromatic nitrogens is 3. The monoisotopic (exact) mass is 229 g/mol. The van der Waals surface area contributed by atoms with Crippen LogP contribution in [0.25, 0.3) is 0 Å². The molecular formula is C11H11N5O. The number of nitrogens with one attached hydrogen (secondary N) is 1. The van der Waals surface area contributed by atoms with Gasteiger partial charge < -0.3 is 10.4 Å². The zero-order valence-corrected chi connectivity index (χ0v) is 9.04. The third-order valence-electron chi connectivity index (χ3n) is 2.15. The largest absolute Gasteiger partial charge is 0.394 e. The van der Waals surface area contributed by atoms with Gasteiger partial charge >= 0.3 is 0 Å². The summed E-state index contributed by atoms with van der Waals surface area (Å²) in [6.45, 7) is 0.475. The third kappa shape index (κ3) is 2.59. The Hall–Kier alpha value is -2.39. The van der Waals surface area contributed by atoms with Crippen molar-refractivity contribution >= 4 is 11.5 Å². The van der Waals surface area contributed by atoms with Gasteiger partial charge in [-0.15, -0.1) is 0 Å². The molecular weight excluding hydrogens is 218 g/mol. The van der Waals surface area contributed by atoms with Gasteiger partial charge in [-0.3, -0.25) is 4.68 Å². The van der Waals surface area contributed by atoms with E-state index in [2.05, 4.69) is 21.5 Å². The van der Waals surface area contributed by atoms with Crippen LogP contribution in [0.1, 0.15) is 5.56 Å². The van der Waals surface area contributed by atoms with Crippen LogP contribution in [-0.4, -0.2) is 26.5 Å². The molecule has 17 heavy (non-hydrogen) atoms. The molecule has 2 N–H and O–H groups in total. The molecule has 6 nitrogen and oxygen atoms in total. The summed E-state index contributed by atoms with van der Waals surface area (Å²) in [5.41, 5.74) is 1.20. The second-order valence-corrected chi connectivity index (χ2v) is 3.35. The van der Waals surface area contributed by atoms with Crippen molar-refractivity contribution in [3.8, 4) is 6.07 Å². The van der Waals surface area contributed by atoms with Gasteiger partial charge in [-0.25, -0.2) is 4.98 Å². The number of aliphatic hydroxyl groups excluding tert-OH is 1. The summed E-state index contributed by atoms with van der Waals surface area (Å²) in [7, 11) is 0. The molecule has 2 heterocycles. The van der Waals surface area contributed by atoms with E-state index in [0.717, 1.165) is 5.69 Å². The molecule has 2 aromatic heterocycles. The SMILES string of the molecule is N#Cc1cccnc1Nc1cnn(CCO)c1. The lowest BCUT2D eigenvalue weighted by Crippen LogP contribution is -2.01. The second kappa shape index (κ2) is 5.09. The molecule has 0 saturated carbocycles. The molecule has 0 radical (unpaired) electrons. The minimum absolute atomic E-state index is 0.0359. The molecule has 0 saturated heterocycles. The molecule has 0 amide bonds. The highest BCUT2D eigenvalue weighted by molar-refractivity contribution is 5.61.